The fourth-order valence-corrected chi connectivity index (χ4v) is 10.6. The van der Waals surface area contributed by atoms with E-state index in [-0.39, 0.29) is 63.5 Å². The number of hydrogen-bond acceptors (Lipinski definition) is 6. The van der Waals surface area contributed by atoms with Gasteiger partial charge in [-0.15, -0.1) is 11.8 Å². The zero-order valence-electron chi connectivity index (χ0n) is 22.5. The molecule has 2 aliphatic heterocycles. The van der Waals surface area contributed by atoms with Crippen LogP contribution < -0.4 is 10.2 Å². The minimum absolute atomic E-state index is 0.00602. The molecule has 40 heavy (non-hydrogen) atoms. The van der Waals surface area contributed by atoms with Crippen molar-refractivity contribution in [2.24, 2.45) is 29.6 Å². The minimum atomic E-state index is -0.405. The van der Waals surface area contributed by atoms with Crippen LogP contribution in [-0.4, -0.2) is 39.4 Å². The molecule has 7 nitrogen and oxygen atoms in total. The number of anilines is 1. The number of aromatic amines is 1. The van der Waals surface area contributed by atoms with Crippen LogP contribution in [0, 0.1) is 29.6 Å². The molecule has 3 heterocycles. The molecule has 1 aromatic heterocycles. The van der Waals surface area contributed by atoms with E-state index in [0.29, 0.717) is 5.69 Å². The number of nitrogens with zero attached hydrogens (tertiary/aromatic N) is 1. The van der Waals surface area contributed by atoms with Gasteiger partial charge in [-0.05, 0) is 52.8 Å². The number of imide groups is 1. The van der Waals surface area contributed by atoms with Crippen molar-refractivity contribution < 1.29 is 14.4 Å². The number of H-pyrrole nitrogens is 1. The number of thiazole rings is 1. The molecule has 3 amide bonds. The highest BCUT2D eigenvalue weighted by Gasteiger charge is 2.69. The van der Waals surface area contributed by atoms with Crippen LogP contribution in [0.2, 0.25) is 0 Å². The Hall–Kier alpha value is -3.17. The number of hydrogen-bond donors (Lipinski definition) is 2. The van der Waals surface area contributed by atoms with E-state index in [2.05, 4.69) is 55.3 Å². The third kappa shape index (κ3) is 3.92. The Morgan fingerprint density at radius 2 is 1.65 bits per heavy atom. The second-order valence-electron chi connectivity index (χ2n) is 12.5. The molecule has 1 saturated heterocycles. The van der Waals surface area contributed by atoms with Crippen molar-refractivity contribution in [1.82, 2.24) is 9.88 Å². The van der Waals surface area contributed by atoms with E-state index >= 15 is 0 Å². The molecule has 0 radical (unpaired) electrons. The molecule has 206 valence electrons. The summed E-state index contributed by atoms with van der Waals surface area (Å²) in [5, 5.41) is 3.83. The van der Waals surface area contributed by atoms with E-state index in [1.165, 1.54) is 21.8 Å². The van der Waals surface area contributed by atoms with Gasteiger partial charge in [0.15, 0.2) is 0 Å². The minimum Gasteiger partial charge on any atom is -0.325 e. The number of benzene rings is 2. The van der Waals surface area contributed by atoms with Crippen LogP contribution in [0.4, 0.5) is 5.69 Å². The van der Waals surface area contributed by atoms with Gasteiger partial charge >= 0.3 is 4.87 Å². The molecule has 2 aromatic carbocycles. The highest BCUT2D eigenvalue weighted by atomic mass is 32.2. The molecule has 3 aromatic rings. The SMILES string of the molecule is CC(C)(C)c1ccc(C2c3sc(=O)[nH]c3SC3C4CC(C5C(=O)N(CC(=O)Nc6ccccc6)C(=O)C45)C23)cc1. The largest absolute Gasteiger partial charge is 0.325 e. The molecule has 2 saturated carbocycles. The van der Waals surface area contributed by atoms with E-state index in [4.69, 9.17) is 0 Å². The molecule has 4 aliphatic rings. The molecular formula is C31H31N3O4S2. The number of aromatic nitrogens is 1. The molecule has 2 N–H and O–H groups in total. The normalized spacial score (nSPS) is 30.3. The van der Waals surface area contributed by atoms with Crippen LogP contribution in [0.15, 0.2) is 64.4 Å². The molecule has 7 atom stereocenters. The van der Waals surface area contributed by atoms with Crippen LogP contribution in [-0.2, 0) is 19.8 Å². The van der Waals surface area contributed by atoms with Crippen molar-refractivity contribution in [3.8, 4) is 0 Å². The van der Waals surface area contributed by atoms with Crippen molar-refractivity contribution in [3.63, 3.8) is 0 Å². The number of fused-ring (bicyclic) bond motifs is 9. The quantitative estimate of drug-likeness (QED) is 0.435. The van der Waals surface area contributed by atoms with Gasteiger partial charge in [0, 0.05) is 21.7 Å². The van der Waals surface area contributed by atoms with Gasteiger partial charge < -0.3 is 10.3 Å². The Labute approximate surface area is 240 Å². The van der Waals surface area contributed by atoms with E-state index in [9.17, 15) is 19.2 Å². The summed E-state index contributed by atoms with van der Waals surface area (Å²) < 4.78 is 0. The van der Waals surface area contributed by atoms with Gasteiger partial charge in [0.05, 0.1) is 16.9 Å². The summed E-state index contributed by atoms with van der Waals surface area (Å²) in [6, 6.07) is 17.8. The Kier molecular flexibility index (Phi) is 5.91. The molecule has 2 aliphatic carbocycles. The van der Waals surface area contributed by atoms with Crippen molar-refractivity contribution in [2.75, 3.05) is 11.9 Å². The van der Waals surface area contributed by atoms with Crippen molar-refractivity contribution >= 4 is 46.5 Å². The first-order valence-electron chi connectivity index (χ1n) is 13.8. The van der Waals surface area contributed by atoms with E-state index in [0.717, 1.165) is 21.9 Å². The van der Waals surface area contributed by atoms with Crippen LogP contribution in [0.5, 0.6) is 0 Å². The maximum Gasteiger partial charge on any atom is 0.305 e. The number of carbonyl (C=O) groups is 3. The summed E-state index contributed by atoms with van der Waals surface area (Å²) in [7, 11) is 0. The Balaban J connectivity index is 1.20. The third-order valence-corrected chi connectivity index (χ3v) is 11.9. The van der Waals surface area contributed by atoms with Gasteiger partial charge in [-0.1, -0.05) is 74.6 Å². The molecular weight excluding hydrogens is 542 g/mol. The van der Waals surface area contributed by atoms with Gasteiger partial charge in [-0.2, -0.15) is 0 Å². The number of likely N-dealkylation sites (tertiary alicyclic amines) is 1. The number of rotatable bonds is 4. The van der Waals surface area contributed by atoms with Crippen molar-refractivity contribution in [3.05, 3.63) is 80.3 Å². The van der Waals surface area contributed by atoms with Gasteiger partial charge in [-0.3, -0.25) is 24.1 Å². The summed E-state index contributed by atoms with van der Waals surface area (Å²) in [5.41, 5.74) is 3.06. The van der Waals surface area contributed by atoms with Crippen LogP contribution in [0.25, 0.3) is 0 Å². The number of carbonyl (C=O) groups excluding carboxylic acids is 3. The topological polar surface area (TPSA) is 99.3 Å². The van der Waals surface area contributed by atoms with Crippen LogP contribution >= 0.6 is 23.1 Å². The molecule has 7 unspecified atom stereocenters. The maximum absolute atomic E-state index is 13.8. The summed E-state index contributed by atoms with van der Waals surface area (Å²) in [4.78, 5) is 57.9. The molecule has 9 heteroatoms. The Morgan fingerprint density at radius 3 is 2.33 bits per heavy atom. The second-order valence-corrected chi connectivity index (χ2v) is 14.7. The van der Waals surface area contributed by atoms with Gasteiger partial charge in [0.1, 0.15) is 6.54 Å². The van der Waals surface area contributed by atoms with Gasteiger partial charge in [0.2, 0.25) is 17.7 Å². The number of para-hydroxylation sites is 1. The highest BCUT2D eigenvalue weighted by molar-refractivity contribution is 8.00. The second kappa shape index (κ2) is 9.17. The predicted molar refractivity (Wildman–Crippen MR) is 155 cm³/mol. The van der Waals surface area contributed by atoms with Crippen LogP contribution in [0.3, 0.4) is 0 Å². The zero-order chi connectivity index (χ0) is 27.9. The number of amides is 3. The first kappa shape index (κ1) is 25.8. The zero-order valence-corrected chi connectivity index (χ0v) is 24.2. The van der Waals surface area contributed by atoms with E-state index in [1.807, 2.05) is 18.2 Å². The summed E-state index contributed by atoms with van der Waals surface area (Å²) in [6.45, 7) is 6.31. The fourth-order valence-electron chi connectivity index (χ4n) is 7.66. The molecule has 7 rings (SSSR count). The first-order chi connectivity index (χ1) is 19.1. The highest BCUT2D eigenvalue weighted by Crippen LogP contribution is 2.68. The first-order valence-corrected chi connectivity index (χ1v) is 15.5. The third-order valence-electron chi connectivity index (χ3n) is 9.31. The average molecular weight is 574 g/mol. The van der Waals surface area contributed by atoms with E-state index in [1.54, 1.807) is 23.9 Å². The summed E-state index contributed by atoms with van der Waals surface area (Å²) >= 11 is 2.95. The average Bonchev–Trinajstić information content (AvgIpc) is 3.65. The lowest BCUT2D eigenvalue weighted by Gasteiger charge is -2.43. The molecule has 0 spiro atoms. The monoisotopic (exact) mass is 573 g/mol. The van der Waals surface area contributed by atoms with Gasteiger partial charge in [0.25, 0.3) is 0 Å². The Morgan fingerprint density at radius 1 is 0.975 bits per heavy atom. The lowest BCUT2D eigenvalue weighted by Crippen LogP contribution is -2.42. The van der Waals surface area contributed by atoms with Crippen molar-refractivity contribution in [1.29, 1.82) is 0 Å². The Bertz CT molecular complexity index is 1570. The lowest BCUT2D eigenvalue weighted by molar-refractivity contribution is -0.143. The smallest absolute Gasteiger partial charge is 0.305 e. The number of thioether (sulfide) groups is 1. The maximum atomic E-state index is 13.8. The van der Waals surface area contributed by atoms with E-state index < -0.39 is 11.8 Å². The standard InChI is InChI=1S/C31H31N3O4S2/c1-31(2,3)16-11-9-15(10-12-16)21-22-18-13-19(25(22)39-27-26(21)40-30(38)33-27)24-23(18)28(36)34(29(24)37)14-20(35)32-17-7-5-4-6-8-17/h4-12,18-19,21-25H,13-14H2,1-3H3,(H,32,35)(H,33,38). The lowest BCUT2D eigenvalue weighted by atomic mass is 9.68. The number of nitrogens with one attached hydrogen (secondary N) is 2. The van der Waals surface area contributed by atoms with Crippen molar-refractivity contribution in [2.45, 2.75) is 48.8 Å². The molecule has 2 bridgehead atoms. The summed E-state index contributed by atoms with van der Waals surface area (Å²) in [5.74, 6) is -1.41. The van der Waals surface area contributed by atoms with Crippen LogP contribution in [0.1, 0.15) is 49.1 Å². The predicted octanol–water partition coefficient (Wildman–Crippen LogP) is 4.85. The fraction of sp³-hybridized carbons (Fsp3) is 0.419. The van der Waals surface area contributed by atoms with Gasteiger partial charge in [-0.25, -0.2) is 0 Å². The molecule has 3 fully saturated rings. The summed E-state index contributed by atoms with van der Waals surface area (Å²) in [6.07, 6.45) is 0.828.